The minimum Gasteiger partial charge on any atom is -0.481 e. The zero-order valence-corrected chi connectivity index (χ0v) is 10.7. The minimum absolute atomic E-state index is 0.296. The molecular formula is C11H14BrNO4. The average molecular weight is 304 g/mol. The molecule has 5 nitrogen and oxygen atoms in total. The lowest BCUT2D eigenvalue weighted by molar-refractivity contribution is -0.143. The highest BCUT2D eigenvalue weighted by atomic mass is 79.9. The lowest BCUT2D eigenvalue weighted by Gasteiger charge is -1.94. The number of carboxylic acid groups (broad SMARTS) is 2. The molecule has 0 saturated carbocycles. The number of aliphatic carboxylic acids is 2. The molecule has 0 radical (unpaired) electrons. The van der Waals surface area contributed by atoms with Crippen molar-refractivity contribution in [1.82, 2.24) is 4.34 Å². The SMILES string of the molecule is BrNCc1ccccc1.O=C(O)CCC(=O)O. The zero-order chi connectivity index (χ0) is 13.1. The normalized spacial score (nSPS) is 9.00. The van der Waals surface area contributed by atoms with Crippen molar-refractivity contribution in [2.45, 2.75) is 19.4 Å². The van der Waals surface area contributed by atoms with Crippen molar-refractivity contribution < 1.29 is 19.8 Å². The fourth-order valence-corrected chi connectivity index (χ4v) is 1.21. The topological polar surface area (TPSA) is 86.6 Å². The molecule has 0 spiro atoms. The van der Waals surface area contributed by atoms with Crippen LogP contribution in [0.5, 0.6) is 0 Å². The molecule has 0 atom stereocenters. The van der Waals surface area contributed by atoms with Gasteiger partial charge in [-0.05, 0) is 5.56 Å². The summed E-state index contributed by atoms with van der Waals surface area (Å²) < 4.78 is 2.90. The first-order valence-electron chi connectivity index (χ1n) is 4.87. The highest BCUT2D eigenvalue weighted by Gasteiger charge is 2.00. The van der Waals surface area contributed by atoms with Gasteiger partial charge in [-0.15, -0.1) is 0 Å². The smallest absolute Gasteiger partial charge is 0.303 e. The maximum atomic E-state index is 9.64. The van der Waals surface area contributed by atoms with E-state index in [4.69, 9.17) is 10.2 Å². The number of rotatable bonds is 5. The van der Waals surface area contributed by atoms with Crippen LogP contribution in [0.3, 0.4) is 0 Å². The van der Waals surface area contributed by atoms with Gasteiger partial charge < -0.3 is 10.2 Å². The molecule has 6 heteroatoms. The molecule has 0 aliphatic heterocycles. The molecule has 3 N–H and O–H groups in total. The zero-order valence-electron chi connectivity index (χ0n) is 9.10. The van der Waals surface area contributed by atoms with Crippen molar-refractivity contribution in [3.8, 4) is 0 Å². The first-order chi connectivity index (χ1) is 8.06. The summed E-state index contributed by atoms with van der Waals surface area (Å²) in [5, 5.41) is 15.8. The number of hydrogen-bond donors (Lipinski definition) is 3. The van der Waals surface area contributed by atoms with Gasteiger partial charge in [-0.3, -0.25) is 13.9 Å². The minimum atomic E-state index is -1.08. The van der Waals surface area contributed by atoms with Gasteiger partial charge >= 0.3 is 11.9 Å². The van der Waals surface area contributed by atoms with E-state index in [0.29, 0.717) is 0 Å². The van der Waals surface area contributed by atoms with E-state index in [0.717, 1.165) is 6.54 Å². The standard InChI is InChI=1S/C7H8BrN.C4H6O4/c8-9-6-7-4-2-1-3-5-7;5-3(6)1-2-4(7)8/h1-5,9H,6H2;1-2H2,(H,5,6)(H,7,8). The van der Waals surface area contributed by atoms with Crippen LogP contribution in [-0.2, 0) is 16.1 Å². The monoisotopic (exact) mass is 303 g/mol. The van der Waals surface area contributed by atoms with Crippen molar-refractivity contribution in [1.29, 1.82) is 0 Å². The van der Waals surface area contributed by atoms with Gasteiger partial charge in [0.25, 0.3) is 0 Å². The summed E-state index contributed by atoms with van der Waals surface area (Å²) in [6.45, 7) is 0.876. The van der Waals surface area contributed by atoms with Gasteiger partial charge in [-0.1, -0.05) is 30.3 Å². The number of benzene rings is 1. The van der Waals surface area contributed by atoms with E-state index in [2.05, 4.69) is 32.6 Å². The number of carbonyl (C=O) groups is 2. The Labute approximate surface area is 108 Å². The largest absolute Gasteiger partial charge is 0.481 e. The molecule has 0 saturated heterocycles. The lowest BCUT2D eigenvalue weighted by Crippen LogP contribution is -2.00. The summed E-state index contributed by atoms with van der Waals surface area (Å²) >= 11 is 3.14. The van der Waals surface area contributed by atoms with Crippen LogP contribution >= 0.6 is 16.1 Å². The second-order valence-electron chi connectivity index (χ2n) is 3.08. The second kappa shape index (κ2) is 9.80. The molecule has 1 aromatic carbocycles. The van der Waals surface area contributed by atoms with Gasteiger partial charge in [-0.25, -0.2) is 0 Å². The number of hydrogen-bond acceptors (Lipinski definition) is 3. The molecule has 1 aromatic rings. The molecule has 0 heterocycles. The summed E-state index contributed by atoms with van der Waals surface area (Å²) in [4.78, 5) is 19.3. The van der Waals surface area contributed by atoms with Crippen molar-refractivity contribution in [2.75, 3.05) is 0 Å². The molecule has 1 rings (SSSR count). The van der Waals surface area contributed by atoms with E-state index in [9.17, 15) is 9.59 Å². The van der Waals surface area contributed by atoms with Crippen LogP contribution < -0.4 is 4.34 Å². The van der Waals surface area contributed by atoms with E-state index in [-0.39, 0.29) is 12.8 Å². The Kier molecular flexibility index (Phi) is 8.99. The Bertz CT molecular complexity index is 329. The van der Waals surface area contributed by atoms with E-state index < -0.39 is 11.9 Å². The summed E-state index contributed by atoms with van der Waals surface area (Å²) in [7, 11) is 0. The van der Waals surface area contributed by atoms with Crippen molar-refractivity contribution in [2.24, 2.45) is 0 Å². The van der Waals surface area contributed by atoms with Crippen molar-refractivity contribution in [3.05, 3.63) is 35.9 Å². The maximum absolute atomic E-state index is 9.64. The highest BCUT2D eigenvalue weighted by Crippen LogP contribution is 1.97. The third-order valence-electron chi connectivity index (χ3n) is 1.67. The molecular weight excluding hydrogens is 290 g/mol. The lowest BCUT2D eigenvalue weighted by atomic mass is 10.2. The molecule has 0 amide bonds. The van der Waals surface area contributed by atoms with Crippen LogP contribution in [0.25, 0.3) is 0 Å². The Morgan fingerprint density at radius 1 is 1.06 bits per heavy atom. The molecule has 0 unspecified atom stereocenters. The first kappa shape index (κ1) is 15.6. The van der Waals surface area contributed by atoms with Crippen LogP contribution in [0.4, 0.5) is 0 Å². The highest BCUT2D eigenvalue weighted by molar-refractivity contribution is 9.08. The molecule has 17 heavy (non-hydrogen) atoms. The summed E-state index contributed by atoms with van der Waals surface area (Å²) in [6.07, 6.45) is -0.593. The van der Waals surface area contributed by atoms with Gasteiger partial charge in [0.1, 0.15) is 0 Å². The number of nitrogens with one attached hydrogen (secondary N) is 1. The van der Waals surface area contributed by atoms with Gasteiger partial charge in [0.2, 0.25) is 0 Å². The Hall–Kier alpha value is -1.40. The Balaban J connectivity index is 0.000000304. The van der Waals surface area contributed by atoms with E-state index >= 15 is 0 Å². The van der Waals surface area contributed by atoms with Crippen LogP contribution in [0.2, 0.25) is 0 Å². The molecule has 94 valence electrons. The first-order valence-corrected chi connectivity index (χ1v) is 5.66. The molecule has 0 aromatic heterocycles. The molecule has 0 aliphatic carbocycles. The Morgan fingerprint density at radius 2 is 1.53 bits per heavy atom. The van der Waals surface area contributed by atoms with Crippen LogP contribution in [0.1, 0.15) is 18.4 Å². The molecule has 0 aliphatic rings. The molecule has 0 bridgehead atoms. The third-order valence-corrected chi connectivity index (χ3v) is 1.95. The van der Waals surface area contributed by atoms with Gasteiger partial charge in [0, 0.05) is 22.7 Å². The summed E-state index contributed by atoms with van der Waals surface area (Å²) in [5.74, 6) is -2.15. The average Bonchev–Trinajstić information content (AvgIpc) is 2.29. The van der Waals surface area contributed by atoms with Crippen molar-refractivity contribution in [3.63, 3.8) is 0 Å². The number of carboxylic acids is 2. The maximum Gasteiger partial charge on any atom is 0.303 e. The second-order valence-corrected chi connectivity index (χ2v) is 3.64. The number of halogens is 1. The van der Waals surface area contributed by atoms with Gasteiger partial charge in [0.05, 0.1) is 12.8 Å². The molecule has 0 fully saturated rings. The predicted octanol–water partition coefficient (Wildman–Crippen LogP) is 2.02. The summed E-state index contributed by atoms with van der Waals surface area (Å²) in [6, 6.07) is 10.2. The summed E-state index contributed by atoms with van der Waals surface area (Å²) in [5.41, 5.74) is 1.29. The van der Waals surface area contributed by atoms with Crippen LogP contribution in [0, 0.1) is 0 Å². The van der Waals surface area contributed by atoms with E-state index in [1.54, 1.807) is 0 Å². The van der Waals surface area contributed by atoms with Gasteiger partial charge in [-0.2, -0.15) is 0 Å². The third kappa shape index (κ3) is 10.9. The van der Waals surface area contributed by atoms with Crippen molar-refractivity contribution >= 4 is 28.1 Å². The fourth-order valence-electron chi connectivity index (χ4n) is 0.887. The van der Waals surface area contributed by atoms with E-state index in [1.807, 2.05) is 18.2 Å². The van der Waals surface area contributed by atoms with Gasteiger partial charge in [0.15, 0.2) is 0 Å². The van der Waals surface area contributed by atoms with E-state index in [1.165, 1.54) is 5.56 Å². The van der Waals surface area contributed by atoms with Crippen LogP contribution in [0.15, 0.2) is 30.3 Å². The van der Waals surface area contributed by atoms with Crippen LogP contribution in [-0.4, -0.2) is 22.2 Å². The fraction of sp³-hybridized carbons (Fsp3) is 0.273. The Morgan fingerprint density at radius 3 is 1.88 bits per heavy atom. The predicted molar refractivity (Wildman–Crippen MR) is 66.7 cm³/mol. The quantitative estimate of drug-likeness (QED) is 0.725.